The maximum Gasteiger partial charge on any atom is 0.301 e. The number of anilines is 1. The van der Waals surface area contributed by atoms with E-state index in [2.05, 4.69) is 10.3 Å². The van der Waals surface area contributed by atoms with E-state index in [9.17, 15) is 4.79 Å². The number of hydrogen-bond acceptors (Lipinski definition) is 4. The summed E-state index contributed by atoms with van der Waals surface area (Å²) in [5, 5.41) is 2.58. The smallest absolute Gasteiger partial charge is 0.301 e. The molecule has 1 heterocycles. The maximum absolute atomic E-state index is 11.5. The van der Waals surface area contributed by atoms with Crippen molar-refractivity contribution in [3.63, 3.8) is 0 Å². The highest BCUT2D eigenvalue weighted by atomic mass is 32.2. The van der Waals surface area contributed by atoms with Crippen molar-refractivity contribution in [3.8, 4) is 0 Å². The lowest BCUT2D eigenvalue weighted by molar-refractivity contribution is -0.115. The van der Waals surface area contributed by atoms with Gasteiger partial charge in [-0.25, -0.2) is 4.98 Å². The van der Waals surface area contributed by atoms with Crippen LogP contribution in [-0.4, -0.2) is 16.6 Å². The van der Waals surface area contributed by atoms with E-state index in [0.29, 0.717) is 6.42 Å². The zero-order valence-corrected chi connectivity index (χ0v) is 9.94. The van der Waals surface area contributed by atoms with Gasteiger partial charge in [-0.3, -0.25) is 10.1 Å². The quantitative estimate of drug-likeness (QED) is 0.827. The Kier molecular flexibility index (Phi) is 4.21. The lowest BCUT2D eigenvalue weighted by Crippen LogP contribution is -2.12. The molecule has 0 bridgehead atoms. The molecule has 1 N–H and O–H groups in total. The van der Waals surface area contributed by atoms with Crippen LogP contribution in [0.1, 0.15) is 6.42 Å². The third-order valence-corrected chi connectivity index (χ3v) is 3.03. The summed E-state index contributed by atoms with van der Waals surface area (Å²) in [7, 11) is 0. The number of nitrogens with one attached hydrogen (secondary N) is 1. The Hall–Kier alpha value is -1.75. The molecule has 0 saturated carbocycles. The molecule has 2 aromatic rings. The zero-order valence-electron chi connectivity index (χ0n) is 9.13. The Bertz CT molecular complexity index is 457. The van der Waals surface area contributed by atoms with Crippen molar-refractivity contribution in [2.24, 2.45) is 0 Å². The molecule has 1 amide bonds. The number of nitrogens with zero attached hydrogens (tertiary/aromatic N) is 1. The highest BCUT2D eigenvalue weighted by Gasteiger charge is 2.05. The van der Waals surface area contributed by atoms with Crippen molar-refractivity contribution < 1.29 is 9.21 Å². The summed E-state index contributed by atoms with van der Waals surface area (Å²) in [4.78, 5) is 16.5. The van der Waals surface area contributed by atoms with Crippen LogP contribution in [0, 0.1) is 0 Å². The maximum atomic E-state index is 11.5. The van der Waals surface area contributed by atoms with Crippen molar-refractivity contribution in [1.29, 1.82) is 0 Å². The van der Waals surface area contributed by atoms with Crippen LogP contribution in [0.5, 0.6) is 0 Å². The van der Waals surface area contributed by atoms with Gasteiger partial charge in [0.25, 0.3) is 0 Å². The second-order valence-electron chi connectivity index (χ2n) is 3.30. The molecule has 2 rings (SSSR count). The first-order valence-corrected chi connectivity index (χ1v) is 6.20. The summed E-state index contributed by atoms with van der Waals surface area (Å²) in [6, 6.07) is 10.2. The minimum Gasteiger partial charge on any atom is -0.432 e. The van der Waals surface area contributed by atoms with Gasteiger partial charge < -0.3 is 4.42 Å². The molecule has 0 saturated heterocycles. The third-order valence-electron chi connectivity index (χ3n) is 2.02. The van der Waals surface area contributed by atoms with Crippen LogP contribution in [0.4, 0.5) is 6.01 Å². The van der Waals surface area contributed by atoms with Crippen molar-refractivity contribution >= 4 is 23.7 Å². The standard InChI is InChI=1S/C12H12N2O2S/c15-11(14-12-13-7-8-16-12)6-9-17-10-4-2-1-3-5-10/h1-5,7-8H,6,9H2,(H,13,14,15). The first-order valence-electron chi connectivity index (χ1n) is 5.22. The number of thioether (sulfide) groups is 1. The molecule has 0 spiro atoms. The van der Waals surface area contributed by atoms with Gasteiger partial charge in [-0.05, 0) is 12.1 Å². The Morgan fingerprint density at radius 3 is 2.88 bits per heavy atom. The topological polar surface area (TPSA) is 55.1 Å². The van der Waals surface area contributed by atoms with Gasteiger partial charge >= 0.3 is 6.01 Å². The minimum absolute atomic E-state index is 0.0871. The summed E-state index contributed by atoms with van der Waals surface area (Å²) in [5.74, 6) is 0.646. The number of amides is 1. The van der Waals surface area contributed by atoms with Crippen LogP contribution in [0.3, 0.4) is 0 Å². The van der Waals surface area contributed by atoms with Gasteiger partial charge in [0.2, 0.25) is 5.91 Å². The van der Waals surface area contributed by atoms with Gasteiger partial charge in [0.1, 0.15) is 6.26 Å². The lowest BCUT2D eigenvalue weighted by atomic mass is 10.4. The van der Waals surface area contributed by atoms with E-state index in [4.69, 9.17) is 4.42 Å². The molecular formula is C12H12N2O2S. The number of oxazole rings is 1. The van der Waals surface area contributed by atoms with Crippen LogP contribution >= 0.6 is 11.8 Å². The monoisotopic (exact) mass is 248 g/mol. The van der Waals surface area contributed by atoms with Crippen LogP contribution in [-0.2, 0) is 4.79 Å². The minimum atomic E-state index is -0.0871. The van der Waals surface area contributed by atoms with Gasteiger partial charge in [0.15, 0.2) is 0 Å². The summed E-state index contributed by atoms with van der Waals surface area (Å²) in [6.07, 6.45) is 3.35. The largest absolute Gasteiger partial charge is 0.432 e. The van der Waals surface area contributed by atoms with E-state index < -0.39 is 0 Å². The van der Waals surface area contributed by atoms with Gasteiger partial charge in [0, 0.05) is 17.1 Å². The molecular weight excluding hydrogens is 236 g/mol. The van der Waals surface area contributed by atoms with Crippen molar-refractivity contribution in [3.05, 3.63) is 42.8 Å². The van der Waals surface area contributed by atoms with Gasteiger partial charge in [0.05, 0.1) is 6.20 Å². The van der Waals surface area contributed by atoms with E-state index >= 15 is 0 Å². The molecule has 0 aliphatic heterocycles. The number of aromatic nitrogens is 1. The summed E-state index contributed by atoms with van der Waals surface area (Å²) < 4.78 is 4.92. The average molecular weight is 248 g/mol. The fourth-order valence-corrected chi connectivity index (χ4v) is 2.12. The molecule has 1 aromatic carbocycles. The molecule has 0 radical (unpaired) electrons. The second kappa shape index (κ2) is 6.10. The molecule has 0 aliphatic carbocycles. The molecule has 0 aliphatic rings. The first kappa shape index (κ1) is 11.7. The Labute approximate surface area is 103 Å². The van der Waals surface area contributed by atoms with Gasteiger partial charge in [-0.2, -0.15) is 0 Å². The fraction of sp³-hybridized carbons (Fsp3) is 0.167. The SMILES string of the molecule is O=C(CCSc1ccccc1)Nc1ncco1. The predicted molar refractivity (Wildman–Crippen MR) is 66.9 cm³/mol. The van der Waals surface area contributed by atoms with Gasteiger partial charge in [-0.1, -0.05) is 18.2 Å². The van der Waals surface area contributed by atoms with Crippen molar-refractivity contribution in [2.75, 3.05) is 11.1 Å². The second-order valence-corrected chi connectivity index (χ2v) is 4.47. The number of carbonyl (C=O) groups excluding carboxylic acids is 1. The summed E-state index contributed by atoms with van der Waals surface area (Å²) in [5.41, 5.74) is 0. The Morgan fingerprint density at radius 2 is 2.18 bits per heavy atom. The third kappa shape index (κ3) is 3.96. The molecule has 1 aromatic heterocycles. The Balaban J connectivity index is 1.70. The first-order chi connectivity index (χ1) is 8.34. The highest BCUT2D eigenvalue weighted by molar-refractivity contribution is 7.99. The normalized spacial score (nSPS) is 10.1. The van der Waals surface area contributed by atoms with Crippen LogP contribution in [0.15, 0.2) is 52.1 Å². The van der Waals surface area contributed by atoms with Crippen LogP contribution < -0.4 is 5.32 Å². The van der Waals surface area contributed by atoms with Crippen molar-refractivity contribution in [2.45, 2.75) is 11.3 Å². The van der Waals surface area contributed by atoms with E-state index in [1.165, 1.54) is 12.5 Å². The molecule has 17 heavy (non-hydrogen) atoms. The van der Waals surface area contributed by atoms with E-state index in [1.807, 2.05) is 30.3 Å². The van der Waals surface area contributed by atoms with Crippen LogP contribution in [0.2, 0.25) is 0 Å². The van der Waals surface area contributed by atoms with E-state index in [0.717, 1.165) is 10.6 Å². The number of rotatable bonds is 5. The molecule has 0 unspecified atom stereocenters. The molecule has 5 heteroatoms. The van der Waals surface area contributed by atoms with Gasteiger partial charge in [-0.15, -0.1) is 11.8 Å². The van der Waals surface area contributed by atoms with Crippen molar-refractivity contribution in [1.82, 2.24) is 4.98 Å². The highest BCUT2D eigenvalue weighted by Crippen LogP contribution is 2.17. The Morgan fingerprint density at radius 1 is 1.35 bits per heavy atom. The summed E-state index contributed by atoms with van der Waals surface area (Å²) in [6.45, 7) is 0. The molecule has 4 nitrogen and oxygen atoms in total. The van der Waals surface area contributed by atoms with Crippen LogP contribution in [0.25, 0.3) is 0 Å². The van der Waals surface area contributed by atoms with E-state index in [-0.39, 0.29) is 11.9 Å². The number of benzene rings is 1. The number of hydrogen-bond donors (Lipinski definition) is 1. The zero-order chi connectivity index (χ0) is 11.9. The lowest BCUT2D eigenvalue weighted by Gasteiger charge is -2.01. The predicted octanol–water partition coefficient (Wildman–Crippen LogP) is 2.80. The van der Waals surface area contributed by atoms with E-state index in [1.54, 1.807) is 11.8 Å². The molecule has 88 valence electrons. The summed E-state index contributed by atoms with van der Waals surface area (Å²) >= 11 is 1.65. The fourth-order valence-electron chi connectivity index (χ4n) is 1.25. The molecule has 0 fully saturated rings. The average Bonchev–Trinajstić information content (AvgIpc) is 2.83. The number of carbonyl (C=O) groups is 1. The molecule has 0 atom stereocenters.